The number of fused-ring (bicyclic) bond motifs is 5. The van der Waals surface area contributed by atoms with Gasteiger partial charge in [-0.25, -0.2) is 0 Å². The number of aliphatic carboxylic acids is 1. The van der Waals surface area contributed by atoms with E-state index in [-0.39, 0.29) is 48.5 Å². The maximum Gasteiger partial charge on any atom is 0.303 e. The number of carboxylic acids is 1. The van der Waals surface area contributed by atoms with Gasteiger partial charge in [-0.3, -0.25) is 19.3 Å². The SMILES string of the molecule is O=C(O)CCCN1C(=O)[C@@H]2[C@H](C1=O)[C@H]1C=C[C@H]2C1. The number of carbonyl (C=O) groups excluding carboxylic acids is 2. The predicted molar refractivity (Wildman–Crippen MR) is 61.3 cm³/mol. The zero-order valence-corrected chi connectivity index (χ0v) is 9.91. The third kappa shape index (κ3) is 1.50. The van der Waals surface area contributed by atoms with E-state index in [1.165, 1.54) is 4.90 Å². The molecule has 1 saturated heterocycles. The highest BCUT2D eigenvalue weighted by Crippen LogP contribution is 2.52. The van der Waals surface area contributed by atoms with Gasteiger partial charge in [0.2, 0.25) is 11.8 Å². The van der Waals surface area contributed by atoms with E-state index in [9.17, 15) is 14.4 Å². The van der Waals surface area contributed by atoms with E-state index in [1.54, 1.807) is 0 Å². The normalized spacial score (nSPS) is 36.6. The standard InChI is InChI=1S/C13H15NO4/c15-9(16)2-1-5-14-12(17)10-7-3-4-8(6-7)11(10)13(14)18/h3-4,7-8,10-11H,1-2,5-6H2,(H,15,16)/t7-,8-,10-,11+/m0/s1. The highest BCUT2D eigenvalue weighted by Gasteiger charge is 2.58. The van der Waals surface area contributed by atoms with E-state index in [0.717, 1.165) is 6.42 Å². The van der Waals surface area contributed by atoms with Crippen LogP contribution in [0.3, 0.4) is 0 Å². The molecule has 2 aliphatic carbocycles. The van der Waals surface area contributed by atoms with Gasteiger partial charge in [0.1, 0.15) is 0 Å². The van der Waals surface area contributed by atoms with Crippen LogP contribution in [0.5, 0.6) is 0 Å². The number of rotatable bonds is 4. The number of amides is 2. The largest absolute Gasteiger partial charge is 0.481 e. The molecule has 4 atom stereocenters. The van der Waals surface area contributed by atoms with Crippen molar-refractivity contribution in [1.82, 2.24) is 4.90 Å². The number of likely N-dealkylation sites (tertiary alicyclic amines) is 1. The number of imide groups is 1. The van der Waals surface area contributed by atoms with Gasteiger partial charge in [-0.2, -0.15) is 0 Å². The van der Waals surface area contributed by atoms with Gasteiger partial charge in [-0.15, -0.1) is 0 Å². The maximum absolute atomic E-state index is 12.2. The van der Waals surface area contributed by atoms with E-state index in [2.05, 4.69) is 12.2 Å². The summed E-state index contributed by atoms with van der Waals surface area (Å²) < 4.78 is 0. The molecule has 1 heterocycles. The predicted octanol–water partition coefficient (Wildman–Crippen LogP) is 0.658. The Labute approximate surface area is 104 Å². The van der Waals surface area contributed by atoms with Gasteiger partial charge in [-0.05, 0) is 24.7 Å². The molecule has 1 saturated carbocycles. The van der Waals surface area contributed by atoms with E-state index < -0.39 is 5.97 Å². The Morgan fingerprint density at radius 3 is 2.28 bits per heavy atom. The van der Waals surface area contributed by atoms with Crippen LogP contribution in [0, 0.1) is 23.7 Å². The highest BCUT2D eigenvalue weighted by molar-refractivity contribution is 6.06. The molecule has 2 bridgehead atoms. The zero-order chi connectivity index (χ0) is 12.9. The third-order valence-corrected chi connectivity index (χ3v) is 4.33. The van der Waals surface area contributed by atoms with Crippen molar-refractivity contribution in [3.8, 4) is 0 Å². The number of hydrogen-bond acceptors (Lipinski definition) is 3. The lowest BCUT2D eigenvalue weighted by molar-refractivity contribution is -0.142. The molecule has 0 spiro atoms. The fraction of sp³-hybridized carbons (Fsp3) is 0.615. The second-order valence-electron chi connectivity index (χ2n) is 5.33. The maximum atomic E-state index is 12.2. The van der Waals surface area contributed by atoms with Gasteiger partial charge < -0.3 is 5.11 Å². The van der Waals surface area contributed by atoms with Crippen molar-refractivity contribution in [2.75, 3.05) is 6.54 Å². The fourth-order valence-corrected chi connectivity index (χ4v) is 3.57. The average molecular weight is 249 g/mol. The van der Waals surface area contributed by atoms with Gasteiger partial charge in [0.25, 0.3) is 0 Å². The highest BCUT2D eigenvalue weighted by atomic mass is 16.4. The lowest BCUT2D eigenvalue weighted by Gasteiger charge is -2.16. The van der Waals surface area contributed by atoms with Crippen LogP contribution in [0.4, 0.5) is 0 Å². The van der Waals surface area contributed by atoms with Crippen LogP contribution in [0.1, 0.15) is 19.3 Å². The van der Waals surface area contributed by atoms with Gasteiger partial charge in [-0.1, -0.05) is 12.2 Å². The van der Waals surface area contributed by atoms with Crippen molar-refractivity contribution >= 4 is 17.8 Å². The molecular weight excluding hydrogens is 234 g/mol. The first-order valence-electron chi connectivity index (χ1n) is 6.35. The summed E-state index contributed by atoms with van der Waals surface area (Å²) in [4.78, 5) is 36.1. The van der Waals surface area contributed by atoms with Crippen molar-refractivity contribution in [2.24, 2.45) is 23.7 Å². The monoisotopic (exact) mass is 249 g/mol. The van der Waals surface area contributed by atoms with Crippen LogP contribution in [-0.2, 0) is 14.4 Å². The van der Waals surface area contributed by atoms with Crippen molar-refractivity contribution in [2.45, 2.75) is 19.3 Å². The molecule has 0 aromatic carbocycles. The van der Waals surface area contributed by atoms with Crippen LogP contribution in [-0.4, -0.2) is 34.3 Å². The van der Waals surface area contributed by atoms with Crippen LogP contribution in [0.2, 0.25) is 0 Å². The van der Waals surface area contributed by atoms with Crippen molar-refractivity contribution in [3.63, 3.8) is 0 Å². The van der Waals surface area contributed by atoms with E-state index >= 15 is 0 Å². The molecule has 5 nitrogen and oxygen atoms in total. The summed E-state index contributed by atoms with van der Waals surface area (Å²) in [5.41, 5.74) is 0. The summed E-state index contributed by atoms with van der Waals surface area (Å²) in [5, 5.41) is 8.58. The average Bonchev–Trinajstić information content (AvgIpc) is 2.97. The summed E-state index contributed by atoms with van der Waals surface area (Å²) >= 11 is 0. The summed E-state index contributed by atoms with van der Waals surface area (Å²) in [5.74, 6) is -0.966. The number of carboxylic acid groups (broad SMARTS) is 1. The molecule has 5 heteroatoms. The molecule has 18 heavy (non-hydrogen) atoms. The Kier molecular flexibility index (Phi) is 2.50. The molecule has 3 aliphatic rings. The number of allylic oxidation sites excluding steroid dienone is 2. The lowest BCUT2D eigenvalue weighted by atomic mass is 9.85. The molecule has 3 rings (SSSR count). The molecule has 1 aliphatic heterocycles. The summed E-state index contributed by atoms with van der Waals surface area (Å²) in [6.45, 7) is 0.246. The van der Waals surface area contributed by atoms with Crippen molar-refractivity contribution in [1.29, 1.82) is 0 Å². The van der Waals surface area contributed by atoms with Crippen LogP contribution < -0.4 is 0 Å². The molecule has 96 valence electrons. The van der Waals surface area contributed by atoms with Gasteiger partial charge in [0.05, 0.1) is 11.8 Å². The first kappa shape index (κ1) is 11.4. The van der Waals surface area contributed by atoms with E-state index in [1.807, 2.05) is 0 Å². The molecule has 2 amide bonds. The topological polar surface area (TPSA) is 74.7 Å². The Morgan fingerprint density at radius 1 is 1.22 bits per heavy atom. The van der Waals surface area contributed by atoms with Gasteiger partial charge >= 0.3 is 5.97 Å². The molecule has 0 radical (unpaired) electrons. The third-order valence-electron chi connectivity index (χ3n) is 4.33. The second kappa shape index (κ2) is 3.93. The van der Waals surface area contributed by atoms with Crippen LogP contribution in [0.15, 0.2) is 12.2 Å². The minimum absolute atomic E-state index is 0.00248. The Hall–Kier alpha value is -1.65. The summed E-state index contributed by atoms with van der Waals surface area (Å²) in [6, 6.07) is 0. The first-order valence-corrected chi connectivity index (χ1v) is 6.35. The Balaban J connectivity index is 1.70. The zero-order valence-electron chi connectivity index (χ0n) is 9.91. The van der Waals surface area contributed by atoms with Crippen LogP contribution >= 0.6 is 0 Å². The van der Waals surface area contributed by atoms with Crippen LogP contribution in [0.25, 0.3) is 0 Å². The van der Waals surface area contributed by atoms with Crippen molar-refractivity contribution < 1.29 is 19.5 Å². The number of hydrogen-bond donors (Lipinski definition) is 1. The number of carbonyl (C=O) groups is 3. The smallest absolute Gasteiger partial charge is 0.303 e. The quantitative estimate of drug-likeness (QED) is 0.586. The minimum atomic E-state index is -0.893. The molecule has 1 N–H and O–H groups in total. The van der Waals surface area contributed by atoms with Gasteiger partial charge in [0, 0.05) is 13.0 Å². The molecule has 0 aromatic heterocycles. The Morgan fingerprint density at radius 2 is 1.78 bits per heavy atom. The lowest BCUT2D eigenvalue weighted by Crippen LogP contribution is -2.34. The van der Waals surface area contributed by atoms with E-state index in [4.69, 9.17) is 5.11 Å². The minimum Gasteiger partial charge on any atom is -0.481 e. The fourth-order valence-electron chi connectivity index (χ4n) is 3.57. The Bertz CT molecular complexity index is 426. The number of nitrogens with zero attached hydrogens (tertiary/aromatic N) is 1. The summed E-state index contributed by atoms with van der Waals surface area (Å²) in [6.07, 6.45) is 5.37. The molecule has 0 aromatic rings. The van der Waals surface area contributed by atoms with E-state index in [0.29, 0.717) is 6.42 Å². The molecule has 2 fully saturated rings. The summed E-state index contributed by atoms with van der Waals surface area (Å²) in [7, 11) is 0. The molecule has 0 unspecified atom stereocenters. The first-order chi connectivity index (χ1) is 8.59. The second-order valence-corrected chi connectivity index (χ2v) is 5.33. The molecular formula is C13H15NO4. The van der Waals surface area contributed by atoms with Gasteiger partial charge in [0.15, 0.2) is 0 Å². The van der Waals surface area contributed by atoms with Crippen molar-refractivity contribution in [3.05, 3.63) is 12.2 Å².